The van der Waals surface area contributed by atoms with E-state index in [1.165, 1.54) is 116 Å². The van der Waals surface area contributed by atoms with Gasteiger partial charge in [0.25, 0.3) is 0 Å². The molecule has 38 heavy (non-hydrogen) atoms. The molecule has 0 aliphatic heterocycles. The average molecular weight is 539 g/mol. The molecule has 4 nitrogen and oxygen atoms in total. The van der Waals surface area contributed by atoms with Gasteiger partial charge in [0.1, 0.15) is 0 Å². The number of carboxylic acids is 2. The van der Waals surface area contributed by atoms with Gasteiger partial charge in [-0.1, -0.05) is 162 Å². The van der Waals surface area contributed by atoms with Crippen molar-refractivity contribution in [3.63, 3.8) is 0 Å². The number of carbonyl (C=O) groups is 2. The van der Waals surface area contributed by atoms with Crippen molar-refractivity contribution in [2.24, 2.45) is 11.8 Å². The van der Waals surface area contributed by atoms with E-state index in [0.29, 0.717) is 0 Å². The fraction of sp³-hybridized carbons (Fsp3) is 0.941. The van der Waals surface area contributed by atoms with Crippen LogP contribution in [0.5, 0.6) is 0 Å². The highest BCUT2D eigenvalue weighted by Gasteiger charge is 2.27. The Morgan fingerprint density at radius 1 is 0.447 bits per heavy atom. The second-order valence-corrected chi connectivity index (χ2v) is 12.0. The standard InChI is InChI=1S/C34H66O4/c1-3-5-7-9-11-13-15-17-19-23-27-31(28-24-21-22-26-30-33(35)36)32(34(37)38)29-25-20-18-16-14-12-10-8-6-4-2/h31-32H,3-30H2,1-2H3,(H,35,36)(H,37,38). The first kappa shape index (κ1) is 36.9. The van der Waals surface area contributed by atoms with Crippen LogP contribution in [-0.2, 0) is 9.59 Å². The van der Waals surface area contributed by atoms with Crippen LogP contribution < -0.4 is 0 Å². The molecule has 0 saturated heterocycles. The molecule has 0 aliphatic carbocycles. The molecule has 0 heterocycles. The van der Waals surface area contributed by atoms with Gasteiger partial charge in [-0.05, 0) is 31.6 Å². The van der Waals surface area contributed by atoms with Crippen molar-refractivity contribution in [1.82, 2.24) is 0 Å². The molecule has 0 aliphatic rings. The Balaban J connectivity index is 4.36. The van der Waals surface area contributed by atoms with E-state index in [2.05, 4.69) is 13.8 Å². The second kappa shape index (κ2) is 28.9. The van der Waals surface area contributed by atoms with Crippen LogP contribution >= 0.6 is 0 Å². The SMILES string of the molecule is CCCCCCCCCCCCC(CCCCCCC(=O)O)C(CCCCCCCCCCCC)C(=O)O. The summed E-state index contributed by atoms with van der Waals surface area (Å²) in [5.41, 5.74) is 0. The molecule has 0 bridgehead atoms. The molecule has 0 aromatic heterocycles. The predicted octanol–water partition coefficient (Wildman–Crippen LogP) is 11.4. The summed E-state index contributed by atoms with van der Waals surface area (Å²) in [6, 6.07) is 0. The van der Waals surface area contributed by atoms with Crippen LogP contribution in [0.25, 0.3) is 0 Å². The van der Waals surface area contributed by atoms with Crippen LogP contribution in [0.3, 0.4) is 0 Å². The maximum absolute atomic E-state index is 12.3. The highest BCUT2D eigenvalue weighted by molar-refractivity contribution is 5.70. The Morgan fingerprint density at radius 2 is 0.763 bits per heavy atom. The summed E-state index contributed by atoms with van der Waals surface area (Å²) in [6.07, 6.45) is 32.8. The Hall–Kier alpha value is -1.06. The molecule has 226 valence electrons. The topological polar surface area (TPSA) is 74.6 Å². The first-order valence-electron chi connectivity index (χ1n) is 17.0. The molecule has 2 atom stereocenters. The number of carboxylic acid groups (broad SMARTS) is 2. The van der Waals surface area contributed by atoms with Gasteiger partial charge >= 0.3 is 11.9 Å². The van der Waals surface area contributed by atoms with E-state index in [0.717, 1.165) is 57.8 Å². The number of aliphatic carboxylic acids is 2. The van der Waals surface area contributed by atoms with E-state index in [1.54, 1.807) is 0 Å². The van der Waals surface area contributed by atoms with E-state index >= 15 is 0 Å². The molecule has 0 amide bonds. The molecular weight excluding hydrogens is 472 g/mol. The van der Waals surface area contributed by atoms with Crippen LogP contribution in [0.1, 0.15) is 194 Å². The summed E-state index contributed by atoms with van der Waals surface area (Å²) in [5, 5.41) is 18.9. The van der Waals surface area contributed by atoms with Crippen molar-refractivity contribution in [2.75, 3.05) is 0 Å². The summed E-state index contributed by atoms with van der Waals surface area (Å²) in [7, 11) is 0. The first-order chi connectivity index (χ1) is 18.5. The maximum atomic E-state index is 12.3. The minimum Gasteiger partial charge on any atom is -0.481 e. The molecule has 0 radical (unpaired) electrons. The lowest BCUT2D eigenvalue weighted by Gasteiger charge is -2.24. The third-order valence-corrected chi connectivity index (χ3v) is 8.40. The van der Waals surface area contributed by atoms with E-state index in [9.17, 15) is 14.7 Å². The molecule has 0 fully saturated rings. The Kier molecular flexibility index (Phi) is 28.1. The zero-order chi connectivity index (χ0) is 28.1. The highest BCUT2D eigenvalue weighted by atomic mass is 16.4. The highest BCUT2D eigenvalue weighted by Crippen LogP contribution is 2.30. The van der Waals surface area contributed by atoms with Gasteiger partial charge in [0.05, 0.1) is 5.92 Å². The van der Waals surface area contributed by atoms with E-state index in [4.69, 9.17) is 5.11 Å². The van der Waals surface area contributed by atoms with Crippen molar-refractivity contribution in [3.05, 3.63) is 0 Å². The van der Waals surface area contributed by atoms with E-state index in [-0.39, 0.29) is 18.3 Å². The molecule has 0 spiro atoms. The van der Waals surface area contributed by atoms with Gasteiger partial charge in [-0.2, -0.15) is 0 Å². The lowest BCUT2D eigenvalue weighted by atomic mass is 9.80. The van der Waals surface area contributed by atoms with E-state index < -0.39 is 11.9 Å². The van der Waals surface area contributed by atoms with Crippen LogP contribution in [0.4, 0.5) is 0 Å². The predicted molar refractivity (Wildman–Crippen MR) is 163 cm³/mol. The summed E-state index contributed by atoms with van der Waals surface area (Å²) < 4.78 is 0. The van der Waals surface area contributed by atoms with Crippen LogP contribution in [0, 0.1) is 11.8 Å². The van der Waals surface area contributed by atoms with Gasteiger partial charge in [0.15, 0.2) is 0 Å². The van der Waals surface area contributed by atoms with Gasteiger partial charge in [-0.15, -0.1) is 0 Å². The average Bonchev–Trinajstić information content (AvgIpc) is 2.89. The lowest BCUT2D eigenvalue weighted by molar-refractivity contribution is -0.144. The summed E-state index contributed by atoms with van der Waals surface area (Å²) in [5.74, 6) is -1.24. The molecule has 0 rings (SSSR count). The minimum absolute atomic E-state index is 0.207. The van der Waals surface area contributed by atoms with Crippen LogP contribution in [0.2, 0.25) is 0 Å². The van der Waals surface area contributed by atoms with Gasteiger partial charge < -0.3 is 10.2 Å². The molecule has 0 aromatic carbocycles. The first-order valence-corrected chi connectivity index (χ1v) is 17.0. The summed E-state index contributed by atoms with van der Waals surface area (Å²) >= 11 is 0. The maximum Gasteiger partial charge on any atom is 0.306 e. The van der Waals surface area contributed by atoms with Crippen molar-refractivity contribution in [1.29, 1.82) is 0 Å². The smallest absolute Gasteiger partial charge is 0.306 e. The Bertz CT molecular complexity index is 519. The number of rotatable bonds is 31. The van der Waals surface area contributed by atoms with Crippen molar-refractivity contribution >= 4 is 11.9 Å². The van der Waals surface area contributed by atoms with Crippen molar-refractivity contribution in [2.45, 2.75) is 194 Å². The normalized spacial score (nSPS) is 13.0. The van der Waals surface area contributed by atoms with Gasteiger partial charge in [0, 0.05) is 6.42 Å². The fourth-order valence-electron chi connectivity index (χ4n) is 5.89. The van der Waals surface area contributed by atoms with Crippen molar-refractivity contribution in [3.8, 4) is 0 Å². The third-order valence-electron chi connectivity index (χ3n) is 8.40. The molecular formula is C34H66O4. The minimum atomic E-state index is -0.716. The molecule has 2 N–H and O–H groups in total. The van der Waals surface area contributed by atoms with Gasteiger partial charge in [-0.25, -0.2) is 0 Å². The van der Waals surface area contributed by atoms with Gasteiger partial charge in [0.2, 0.25) is 0 Å². The molecule has 2 unspecified atom stereocenters. The quantitative estimate of drug-likeness (QED) is 0.0860. The zero-order valence-corrected chi connectivity index (χ0v) is 25.7. The fourth-order valence-corrected chi connectivity index (χ4v) is 5.89. The largest absolute Gasteiger partial charge is 0.481 e. The second-order valence-electron chi connectivity index (χ2n) is 12.0. The Labute approximate surface area is 237 Å². The van der Waals surface area contributed by atoms with Crippen molar-refractivity contribution < 1.29 is 19.8 Å². The van der Waals surface area contributed by atoms with Crippen LogP contribution in [-0.4, -0.2) is 22.2 Å². The number of hydrogen-bond acceptors (Lipinski definition) is 2. The molecule has 4 heteroatoms. The summed E-state index contributed by atoms with van der Waals surface area (Å²) in [6.45, 7) is 4.52. The van der Waals surface area contributed by atoms with E-state index in [1.807, 2.05) is 0 Å². The monoisotopic (exact) mass is 538 g/mol. The number of hydrogen-bond donors (Lipinski definition) is 2. The zero-order valence-electron chi connectivity index (χ0n) is 25.7. The number of unbranched alkanes of at least 4 members (excludes halogenated alkanes) is 21. The third kappa shape index (κ3) is 25.2. The summed E-state index contributed by atoms with van der Waals surface area (Å²) in [4.78, 5) is 23.0. The van der Waals surface area contributed by atoms with Gasteiger partial charge in [-0.3, -0.25) is 9.59 Å². The van der Waals surface area contributed by atoms with Crippen LogP contribution in [0.15, 0.2) is 0 Å². The lowest BCUT2D eigenvalue weighted by Crippen LogP contribution is -2.24. The molecule has 0 saturated carbocycles. The Morgan fingerprint density at radius 3 is 1.11 bits per heavy atom. The molecule has 0 aromatic rings.